The Morgan fingerprint density at radius 3 is 1.28 bits per heavy atom. The molecule has 0 saturated carbocycles. The standard InChI is InChI=1S/C27H43NO10.2C2H3F3O3S.C2H6/c1-11-33-16-35-21-13-18(3)19(15-22(21)36-17-34-12-2)14-20(23(29)32-10)28(24(30)37-26(4,5)6)25(31)38-27(7,8)9;2*1-8-9(6,7)2(3,4)5;1-2/h13,15,20H,11-12,14,16-17H2,1-10H3;2*1H3;1-2H3/t20-;;;/m0.../s1. The van der Waals surface area contributed by atoms with Crippen molar-refractivity contribution in [1.29, 1.82) is 0 Å². The van der Waals surface area contributed by atoms with E-state index >= 15 is 0 Å². The van der Waals surface area contributed by atoms with Crippen molar-refractivity contribution in [3.05, 3.63) is 23.3 Å². The van der Waals surface area contributed by atoms with Crippen LogP contribution in [0.15, 0.2) is 12.1 Å². The lowest BCUT2D eigenvalue weighted by Crippen LogP contribution is -2.53. The normalized spacial score (nSPS) is 12.5. The molecule has 0 aromatic heterocycles. The van der Waals surface area contributed by atoms with Crippen LogP contribution in [-0.2, 0) is 63.5 Å². The number of aryl methyl sites for hydroxylation is 1. The van der Waals surface area contributed by atoms with Crippen molar-refractivity contribution in [2.45, 2.75) is 111 Å². The van der Waals surface area contributed by atoms with Gasteiger partial charge < -0.3 is 33.2 Å². The van der Waals surface area contributed by atoms with Crippen LogP contribution in [0.5, 0.6) is 11.5 Å². The highest BCUT2D eigenvalue weighted by atomic mass is 32.2. The Morgan fingerprint density at radius 1 is 0.672 bits per heavy atom. The molecule has 1 rings (SSSR count). The van der Waals surface area contributed by atoms with E-state index in [4.69, 9.17) is 33.2 Å². The molecule has 0 fully saturated rings. The van der Waals surface area contributed by atoms with Crippen molar-refractivity contribution in [2.75, 3.05) is 48.1 Å². The van der Waals surface area contributed by atoms with Crippen LogP contribution in [0.2, 0.25) is 0 Å². The van der Waals surface area contributed by atoms with Crippen LogP contribution in [0.1, 0.15) is 80.4 Å². The molecular formula is C33H55F6NO16S2. The molecule has 0 saturated heterocycles. The number of rotatable bonds is 14. The van der Waals surface area contributed by atoms with Gasteiger partial charge in [-0.2, -0.15) is 48.1 Å². The number of alkyl halides is 6. The Balaban J connectivity index is -0.00000123. The monoisotopic (exact) mass is 899 g/mol. The Hall–Kier alpha value is -3.65. The van der Waals surface area contributed by atoms with Gasteiger partial charge in [0, 0.05) is 19.6 Å². The lowest BCUT2D eigenvalue weighted by molar-refractivity contribution is -0.146. The predicted octanol–water partition coefficient (Wildman–Crippen LogP) is 6.99. The maximum atomic E-state index is 13.2. The summed E-state index contributed by atoms with van der Waals surface area (Å²) >= 11 is 0. The minimum absolute atomic E-state index is 0.0101. The third-order valence-corrected chi connectivity index (χ3v) is 7.80. The summed E-state index contributed by atoms with van der Waals surface area (Å²) in [6.45, 7) is 20.3. The minimum atomic E-state index is -5.34. The fraction of sp³-hybridized carbons (Fsp3) is 0.727. The molecule has 0 heterocycles. The van der Waals surface area contributed by atoms with E-state index in [1.54, 1.807) is 60.6 Å². The van der Waals surface area contributed by atoms with E-state index in [0.717, 1.165) is 0 Å². The molecule has 1 aromatic carbocycles. The molecule has 0 bridgehead atoms. The van der Waals surface area contributed by atoms with E-state index in [1.165, 1.54) is 7.11 Å². The van der Waals surface area contributed by atoms with Gasteiger partial charge in [0.1, 0.15) is 17.2 Å². The molecule has 2 amide bonds. The van der Waals surface area contributed by atoms with E-state index in [-0.39, 0.29) is 20.0 Å². The van der Waals surface area contributed by atoms with Crippen molar-refractivity contribution in [2.24, 2.45) is 0 Å². The van der Waals surface area contributed by atoms with Crippen molar-refractivity contribution in [3.8, 4) is 11.5 Å². The largest absolute Gasteiger partial charge is 0.523 e. The number of imide groups is 1. The fourth-order valence-electron chi connectivity index (χ4n) is 3.29. The molecule has 0 unspecified atom stereocenters. The van der Waals surface area contributed by atoms with Gasteiger partial charge in [0.25, 0.3) is 0 Å². The predicted molar refractivity (Wildman–Crippen MR) is 195 cm³/mol. The van der Waals surface area contributed by atoms with Crippen molar-refractivity contribution in [3.63, 3.8) is 0 Å². The van der Waals surface area contributed by atoms with E-state index in [0.29, 0.717) is 55.0 Å². The summed E-state index contributed by atoms with van der Waals surface area (Å²) < 4.78 is 150. The number of ether oxygens (including phenoxy) is 7. The van der Waals surface area contributed by atoms with Gasteiger partial charge in [-0.25, -0.2) is 14.4 Å². The number of esters is 1. The molecule has 1 aromatic rings. The Labute approximate surface area is 335 Å². The maximum absolute atomic E-state index is 13.2. The number of benzene rings is 1. The summed E-state index contributed by atoms with van der Waals surface area (Å²) in [4.78, 5) is 40.0. The lowest BCUT2D eigenvalue weighted by Gasteiger charge is -2.32. The summed E-state index contributed by atoms with van der Waals surface area (Å²) in [5.41, 5.74) is -11.2. The third kappa shape index (κ3) is 22.5. The summed E-state index contributed by atoms with van der Waals surface area (Å²) in [5, 5.41) is 0. The van der Waals surface area contributed by atoms with Crippen molar-refractivity contribution in [1.82, 2.24) is 4.90 Å². The molecule has 0 aliphatic rings. The molecule has 17 nitrogen and oxygen atoms in total. The van der Waals surface area contributed by atoms with Gasteiger partial charge in [0.15, 0.2) is 25.1 Å². The quantitative estimate of drug-likeness (QED) is 0.0351. The summed E-state index contributed by atoms with van der Waals surface area (Å²) in [6, 6.07) is 1.99. The van der Waals surface area contributed by atoms with Crippen LogP contribution in [0.25, 0.3) is 0 Å². The molecule has 1 atom stereocenters. The zero-order valence-corrected chi connectivity index (χ0v) is 36.5. The summed E-state index contributed by atoms with van der Waals surface area (Å²) in [7, 11) is -8.60. The number of methoxy groups -OCH3 is 1. The van der Waals surface area contributed by atoms with Gasteiger partial charge in [0.05, 0.1) is 21.3 Å². The first-order valence-electron chi connectivity index (χ1n) is 16.9. The highest BCUT2D eigenvalue weighted by Crippen LogP contribution is 2.33. The van der Waals surface area contributed by atoms with E-state index in [1.807, 2.05) is 27.7 Å². The molecule has 0 aliphatic heterocycles. The lowest BCUT2D eigenvalue weighted by atomic mass is 9.99. The first-order chi connectivity index (χ1) is 26.2. The summed E-state index contributed by atoms with van der Waals surface area (Å²) in [5.74, 6) is -0.0804. The van der Waals surface area contributed by atoms with E-state index in [9.17, 15) is 57.6 Å². The zero-order valence-electron chi connectivity index (χ0n) is 34.8. The van der Waals surface area contributed by atoms with Crippen LogP contribution in [0, 0.1) is 6.92 Å². The summed E-state index contributed by atoms with van der Waals surface area (Å²) in [6.07, 6.45) is -2.18. The van der Waals surface area contributed by atoms with Gasteiger partial charge in [-0.05, 0) is 85.6 Å². The number of hydrogen-bond donors (Lipinski definition) is 0. The molecule has 58 heavy (non-hydrogen) atoms. The average Bonchev–Trinajstić information content (AvgIpc) is 3.08. The third-order valence-electron chi connectivity index (χ3n) is 5.79. The highest BCUT2D eigenvalue weighted by molar-refractivity contribution is 7.87. The van der Waals surface area contributed by atoms with Crippen LogP contribution in [0.4, 0.5) is 35.9 Å². The molecule has 0 spiro atoms. The first-order valence-corrected chi connectivity index (χ1v) is 19.7. The molecule has 0 aliphatic carbocycles. The fourth-order valence-corrected chi connectivity index (χ4v) is 3.67. The Kier molecular flexibility index (Phi) is 26.0. The number of halogens is 6. The van der Waals surface area contributed by atoms with Gasteiger partial charge in [-0.1, -0.05) is 13.8 Å². The molecule has 0 N–H and O–H groups in total. The second-order valence-electron chi connectivity index (χ2n) is 12.4. The molecule has 0 radical (unpaired) electrons. The topological polar surface area (TPSA) is 206 Å². The number of carbonyl (C=O) groups excluding carboxylic acids is 3. The average molecular weight is 900 g/mol. The van der Waals surface area contributed by atoms with Crippen LogP contribution in [0.3, 0.4) is 0 Å². The Morgan fingerprint density at radius 2 is 1.02 bits per heavy atom. The SMILES string of the molecule is CC.CCOCOc1cc(C)c(C[C@@H](C(=O)OC)N(C(=O)OC(C)(C)C)C(=O)OC(C)(C)C)cc1OCOCC.COS(=O)(=O)C(F)(F)F.COS(=O)(=O)C(F)(F)F. The van der Waals surface area contributed by atoms with Crippen LogP contribution in [-0.4, -0.2) is 116 Å². The Bertz CT molecular complexity index is 1550. The smallest absolute Gasteiger partial charge is 0.467 e. The van der Waals surface area contributed by atoms with Gasteiger partial charge in [-0.15, -0.1) is 0 Å². The van der Waals surface area contributed by atoms with Gasteiger partial charge >= 0.3 is 49.4 Å². The second kappa shape index (κ2) is 25.8. The first kappa shape index (κ1) is 58.7. The number of amides is 2. The number of hydrogen-bond acceptors (Lipinski definition) is 16. The van der Waals surface area contributed by atoms with Crippen molar-refractivity contribution >= 4 is 38.4 Å². The highest BCUT2D eigenvalue weighted by Gasteiger charge is 2.47. The molecule has 25 heteroatoms. The number of nitrogens with zero attached hydrogens (tertiary/aromatic N) is 1. The maximum Gasteiger partial charge on any atom is 0.523 e. The van der Waals surface area contributed by atoms with Gasteiger partial charge in [0.2, 0.25) is 0 Å². The van der Waals surface area contributed by atoms with Crippen LogP contribution < -0.4 is 9.47 Å². The van der Waals surface area contributed by atoms with Crippen LogP contribution >= 0.6 is 0 Å². The van der Waals surface area contributed by atoms with E-state index in [2.05, 4.69) is 8.37 Å². The minimum Gasteiger partial charge on any atom is -0.467 e. The van der Waals surface area contributed by atoms with Gasteiger partial charge in [-0.3, -0.25) is 8.37 Å². The van der Waals surface area contributed by atoms with Crippen molar-refractivity contribution < 1.29 is 99.1 Å². The number of carbonyl (C=O) groups is 3. The molecular weight excluding hydrogens is 844 g/mol. The second-order valence-corrected chi connectivity index (χ2v) is 15.9. The zero-order chi connectivity index (χ0) is 46.5. The molecule has 342 valence electrons. The van der Waals surface area contributed by atoms with E-state index < -0.39 is 66.7 Å².